The molecule has 9 heteroatoms. The normalized spacial score (nSPS) is 20.2. The third-order valence-corrected chi connectivity index (χ3v) is 6.94. The van der Waals surface area contributed by atoms with Crippen molar-refractivity contribution in [1.29, 1.82) is 0 Å². The first-order valence-electron chi connectivity index (χ1n) is 11.8. The fraction of sp³-hybridized carbons (Fsp3) is 0.538. The van der Waals surface area contributed by atoms with E-state index in [1.165, 1.54) is 12.1 Å². The summed E-state index contributed by atoms with van der Waals surface area (Å²) in [5.41, 5.74) is -1.44. The molecule has 4 rings (SSSR count). The van der Waals surface area contributed by atoms with Crippen LogP contribution >= 0.6 is 24.8 Å². The number of nitrogens with zero attached hydrogens (tertiary/aromatic N) is 1. The molecule has 0 spiro atoms. The van der Waals surface area contributed by atoms with Gasteiger partial charge in [0, 0.05) is 32.6 Å². The first-order valence-corrected chi connectivity index (χ1v) is 11.8. The number of halogens is 5. The number of aliphatic hydroxyl groups is 1. The monoisotopic (exact) mass is 534 g/mol. The summed E-state index contributed by atoms with van der Waals surface area (Å²) in [4.78, 5) is 2.12. The van der Waals surface area contributed by atoms with Crippen LogP contribution in [-0.4, -0.2) is 41.8 Å². The van der Waals surface area contributed by atoms with Gasteiger partial charge in [0.1, 0.15) is 0 Å². The van der Waals surface area contributed by atoms with E-state index in [1.54, 1.807) is 6.07 Å². The van der Waals surface area contributed by atoms with Gasteiger partial charge in [-0.25, -0.2) is 0 Å². The molecule has 1 aliphatic carbocycles. The van der Waals surface area contributed by atoms with Crippen molar-refractivity contribution >= 4 is 24.8 Å². The van der Waals surface area contributed by atoms with Gasteiger partial charge >= 0.3 is 6.18 Å². The lowest BCUT2D eigenvalue weighted by Gasteiger charge is -2.50. The summed E-state index contributed by atoms with van der Waals surface area (Å²) >= 11 is 0. The maximum absolute atomic E-state index is 13.7. The van der Waals surface area contributed by atoms with Crippen molar-refractivity contribution in [1.82, 2.24) is 10.2 Å². The maximum atomic E-state index is 13.7. The molecule has 2 N–H and O–H groups in total. The zero-order chi connectivity index (χ0) is 23.4. The number of piperazine rings is 1. The Morgan fingerprint density at radius 1 is 0.886 bits per heavy atom. The minimum absolute atomic E-state index is 0. The van der Waals surface area contributed by atoms with Gasteiger partial charge in [-0.05, 0) is 36.1 Å². The molecular formula is C26H35Cl2F3N2O2. The number of alkyl halides is 3. The summed E-state index contributed by atoms with van der Waals surface area (Å²) in [5.74, 6) is 0. The van der Waals surface area contributed by atoms with Gasteiger partial charge in [0.25, 0.3) is 0 Å². The summed E-state index contributed by atoms with van der Waals surface area (Å²) in [6, 6.07) is 15.1. The van der Waals surface area contributed by atoms with Crippen LogP contribution in [0.25, 0.3) is 0 Å². The van der Waals surface area contributed by atoms with Gasteiger partial charge < -0.3 is 15.2 Å². The molecule has 0 aromatic heterocycles. The smallest absolute Gasteiger partial charge is 0.390 e. The summed E-state index contributed by atoms with van der Waals surface area (Å²) in [6.07, 6.45) is -0.0499. The standard InChI is InChI=1S/C26H33F3N2O2.2ClH/c27-26(28,29)23-11-7-10-22(18-23)25(31-16-14-30-15-17-31,20-24(32)12-5-2-6-13-24)33-19-21-8-3-1-4-9-21;;/h1,3-4,7-11,18,30,32H,2,5-6,12-17,19-20H2;2*1H. The highest BCUT2D eigenvalue weighted by Crippen LogP contribution is 2.45. The SMILES string of the molecule is Cl.Cl.OC1(CC(OCc2ccccc2)(c2cccc(C(F)(F)F)c2)N2CCNCC2)CCCCC1. The highest BCUT2D eigenvalue weighted by molar-refractivity contribution is 5.85. The quantitative estimate of drug-likeness (QED) is 0.463. The maximum Gasteiger partial charge on any atom is 0.416 e. The predicted molar refractivity (Wildman–Crippen MR) is 136 cm³/mol. The molecule has 1 aliphatic heterocycles. The van der Waals surface area contributed by atoms with Gasteiger partial charge in [0.05, 0.1) is 17.8 Å². The van der Waals surface area contributed by atoms with Crippen LogP contribution in [0.15, 0.2) is 54.6 Å². The minimum Gasteiger partial charge on any atom is -0.390 e. The minimum atomic E-state index is -4.45. The van der Waals surface area contributed by atoms with Crippen molar-refractivity contribution in [3.8, 4) is 0 Å². The highest BCUT2D eigenvalue weighted by atomic mass is 35.5. The first-order chi connectivity index (χ1) is 15.8. The largest absolute Gasteiger partial charge is 0.416 e. The van der Waals surface area contributed by atoms with E-state index in [0.29, 0.717) is 44.6 Å². The molecular weight excluding hydrogens is 500 g/mol. The molecule has 2 fully saturated rings. The molecule has 0 bridgehead atoms. The van der Waals surface area contributed by atoms with Crippen molar-refractivity contribution in [3.63, 3.8) is 0 Å². The summed E-state index contributed by atoms with van der Waals surface area (Å²) in [7, 11) is 0. The van der Waals surface area contributed by atoms with Crippen molar-refractivity contribution in [2.24, 2.45) is 0 Å². The van der Waals surface area contributed by atoms with E-state index in [9.17, 15) is 18.3 Å². The van der Waals surface area contributed by atoms with E-state index < -0.39 is 23.1 Å². The van der Waals surface area contributed by atoms with Gasteiger partial charge in [0.2, 0.25) is 0 Å². The molecule has 0 amide bonds. The third-order valence-electron chi connectivity index (χ3n) is 6.94. The first kappa shape index (κ1) is 29.9. The molecule has 0 radical (unpaired) electrons. The molecule has 1 unspecified atom stereocenters. The van der Waals surface area contributed by atoms with E-state index in [4.69, 9.17) is 4.74 Å². The Morgan fingerprint density at radius 3 is 2.14 bits per heavy atom. The molecule has 35 heavy (non-hydrogen) atoms. The highest BCUT2D eigenvalue weighted by Gasteiger charge is 2.48. The number of rotatable bonds is 7. The number of hydrogen-bond donors (Lipinski definition) is 2. The number of benzene rings is 2. The summed E-state index contributed by atoms with van der Waals surface area (Å²) in [5, 5.41) is 14.9. The molecule has 1 atom stereocenters. The lowest BCUT2D eigenvalue weighted by atomic mass is 9.77. The zero-order valence-electron chi connectivity index (χ0n) is 19.7. The van der Waals surface area contributed by atoms with Crippen molar-refractivity contribution in [2.75, 3.05) is 26.2 Å². The molecule has 1 saturated heterocycles. The zero-order valence-corrected chi connectivity index (χ0v) is 21.4. The fourth-order valence-electron chi connectivity index (χ4n) is 5.20. The van der Waals surface area contributed by atoms with Crippen LogP contribution in [0.3, 0.4) is 0 Å². The van der Waals surface area contributed by atoms with Gasteiger partial charge in [-0.2, -0.15) is 13.2 Å². The molecule has 1 saturated carbocycles. The number of ether oxygens (including phenoxy) is 1. The Morgan fingerprint density at radius 2 is 1.51 bits per heavy atom. The fourth-order valence-corrected chi connectivity index (χ4v) is 5.20. The summed E-state index contributed by atoms with van der Waals surface area (Å²) < 4.78 is 47.7. The molecule has 2 aromatic rings. The molecule has 196 valence electrons. The van der Waals surface area contributed by atoms with E-state index in [1.807, 2.05) is 30.3 Å². The Balaban J connectivity index is 0.00000216. The van der Waals surface area contributed by atoms with Gasteiger partial charge in [-0.15, -0.1) is 24.8 Å². The van der Waals surface area contributed by atoms with Gasteiger partial charge in [-0.3, -0.25) is 4.90 Å². The van der Waals surface area contributed by atoms with Crippen molar-refractivity contribution in [2.45, 2.75) is 62.6 Å². The van der Waals surface area contributed by atoms with Crippen LogP contribution in [0.5, 0.6) is 0 Å². The average Bonchev–Trinajstić information content (AvgIpc) is 2.83. The van der Waals surface area contributed by atoms with E-state index in [-0.39, 0.29) is 37.8 Å². The number of nitrogens with one attached hydrogen (secondary N) is 1. The second-order valence-corrected chi connectivity index (χ2v) is 9.34. The van der Waals surface area contributed by atoms with Crippen molar-refractivity contribution in [3.05, 3.63) is 71.3 Å². The molecule has 4 nitrogen and oxygen atoms in total. The van der Waals surface area contributed by atoms with Gasteiger partial charge in [0.15, 0.2) is 5.72 Å². The third kappa shape index (κ3) is 7.34. The van der Waals surface area contributed by atoms with Gasteiger partial charge in [-0.1, -0.05) is 61.7 Å². The Bertz CT molecular complexity index is 905. The lowest BCUT2D eigenvalue weighted by Crippen LogP contribution is -2.58. The second-order valence-electron chi connectivity index (χ2n) is 9.34. The molecule has 1 heterocycles. The van der Waals surface area contributed by atoms with Crippen LogP contribution in [0.2, 0.25) is 0 Å². The van der Waals surface area contributed by atoms with Crippen LogP contribution in [0.1, 0.15) is 55.2 Å². The average molecular weight is 535 g/mol. The Labute approximate surface area is 218 Å². The molecule has 2 aromatic carbocycles. The van der Waals surface area contributed by atoms with Crippen LogP contribution in [-0.2, 0) is 23.2 Å². The lowest BCUT2D eigenvalue weighted by molar-refractivity contribution is -0.213. The van der Waals surface area contributed by atoms with Crippen LogP contribution in [0.4, 0.5) is 13.2 Å². The Kier molecular flexibility index (Phi) is 10.9. The van der Waals surface area contributed by atoms with Crippen LogP contribution < -0.4 is 5.32 Å². The van der Waals surface area contributed by atoms with E-state index in [0.717, 1.165) is 30.9 Å². The Hall–Kier alpha value is -1.35. The second kappa shape index (κ2) is 12.7. The van der Waals surface area contributed by atoms with Crippen LogP contribution in [0, 0.1) is 0 Å². The number of hydrogen-bond acceptors (Lipinski definition) is 4. The topological polar surface area (TPSA) is 44.7 Å². The van der Waals surface area contributed by atoms with E-state index in [2.05, 4.69) is 10.2 Å². The van der Waals surface area contributed by atoms with Crippen molar-refractivity contribution < 1.29 is 23.0 Å². The van der Waals surface area contributed by atoms with E-state index >= 15 is 0 Å². The predicted octanol–water partition coefficient (Wildman–Crippen LogP) is 5.91. The molecule has 2 aliphatic rings. The summed E-state index contributed by atoms with van der Waals surface area (Å²) in [6.45, 7) is 2.93.